The van der Waals surface area contributed by atoms with E-state index in [0.717, 1.165) is 17.7 Å². The maximum Gasteiger partial charge on any atom is 0.0376 e. The molecule has 0 bridgehead atoms. The molecule has 1 rings (SSSR count). The van der Waals surface area contributed by atoms with Crippen LogP contribution in [0.15, 0.2) is 12.1 Å². The normalized spacial score (nSPS) is 12.6. The van der Waals surface area contributed by atoms with E-state index < -0.39 is 0 Å². The number of benzene rings is 1. The van der Waals surface area contributed by atoms with Gasteiger partial charge in [0.25, 0.3) is 0 Å². The molecule has 3 N–H and O–H groups in total. The Bertz CT molecular complexity index is 318. The van der Waals surface area contributed by atoms with Crippen molar-refractivity contribution in [2.45, 2.75) is 40.2 Å². The van der Waals surface area contributed by atoms with Gasteiger partial charge >= 0.3 is 0 Å². The van der Waals surface area contributed by atoms with Gasteiger partial charge in [0.05, 0.1) is 0 Å². The Labute approximate surface area is 86.5 Å². The van der Waals surface area contributed by atoms with Crippen molar-refractivity contribution in [1.29, 1.82) is 0 Å². The highest BCUT2D eigenvalue weighted by Crippen LogP contribution is 2.22. The van der Waals surface area contributed by atoms with Crippen LogP contribution in [0.3, 0.4) is 0 Å². The van der Waals surface area contributed by atoms with Gasteiger partial charge in [0.2, 0.25) is 0 Å². The number of anilines is 2. The average Bonchev–Trinajstić information content (AvgIpc) is 2.14. The van der Waals surface area contributed by atoms with Gasteiger partial charge in [-0.05, 0) is 50.5 Å². The first kappa shape index (κ1) is 10.9. The molecule has 0 aliphatic heterocycles. The molecule has 1 aromatic rings. The number of rotatable bonds is 3. The molecular formula is C12H20N2. The van der Waals surface area contributed by atoms with Crippen molar-refractivity contribution in [1.82, 2.24) is 0 Å². The molecular weight excluding hydrogens is 172 g/mol. The molecule has 0 aromatic heterocycles. The standard InChI is InChI=1S/C12H20N2/c1-5-10(4)14-12-7-8(2)11(13)6-9(12)3/h6-7,10,14H,5,13H2,1-4H3. The number of aryl methyl sites for hydroxylation is 2. The number of nitrogens with one attached hydrogen (secondary N) is 1. The summed E-state index contributed by atoms with van der Waals surface area (Å²) in [5.74, 6) is 0. The molecule has 78 valence electrons. The van der Waals surface area contributed by atoms with Crippen LogP contribution in [0.4, 0.5) is 11.4 Å². The number of nitrogens with two attached hydrogens (primary N) is 1. The van der Waals surface area contributed by atoms with E-state index in [9.17, 15) is 0 Å². The van der Waals surface area contributed by atoms with Crippen LogP contribution in [0, 0.1) is 13.8 Å². The summed E-state index contributed by atoms with van der Waals surface area (Å²) in [5, 5.41) is 3.47. The Morgan fingerprint density at radius 2 is 1.93 bits per heavy atom. The first-order valence-corrected chi connectivity index (χ1v) is 5.17. The highest BCUT2D eigenvalue weighted by molar-refractivity contribution is 5.62. The summed E-state index contributed by atoms with van der Waals surface area (Å²) >= 11 is 0. The van der Waals surface area contributed by atoms with Gasteiger partial charge in [-0.1, -0.05) is 6.92 Å². The summed E-state index contributed by atoms with van der Waals surface area (Å²) in [7, 11) is 0. The maximum atomic E-state index is 5.83. The van der Waals surface area contributed by atoms with Gasteiger partial charge in [0, 0.05) is 17.4 Å². The molecule has 1 atom stereocenters. The molecule has 1 aromatic carbocycles. The molecule has 0 aliphatic rings. The molecule has 0 saturated carbocycles. The van der Waals surface area contributed by atoms with E-state index in [4.69, 9.17) is 5.73 Å². The smallest absolute Gasteiger partial charge is 0.0376 e. The van der Waals surface area contributed by atoms with Crippen molar-refractivity contribution in [3.8, 4) is 0 Å². The number of hydrogen-bond donors (Lipinski definition) is 2. The largest absolute Gasteiger partial charge is 0.399 e. The quantitative estimate of drug-likeness (QED) is 0.722. The van der Waals surface area contributed by atoms with Crippen molar-refractivity contribution in [2.24, 2.45) is 0 Å². The third-order valence-electron chi connectivity index (χ3n) is 2.63. The molecule has 0 fully saturated rings. The highest BCUT2D eigenvalue weighted by Gasteiger charge is 2.04. The predicted octanol–water partition coefficient (Wildman–Crippen LogP) is 3.10. The molecule has 0 saturated heterocycles. The molecule has 0 spiro atoms. The van der Waals surface area contributed by atoms with Crippen LogP contribution in [-0.2, 0) is 0 Å². The molecule has 0 amide bonds. The Hall–Kier alpha value is -1.18. The second-order valence-corrected chi connectivity index (χ2v) is 3.98. The van der Waals surface area contributed by atoms with Crippen LogP contribution in [0.2, 0.25) is 0 Å². The summed E-state index contributed by atoms with van der Waals surface area (Å²) in [4.78, 5) is 0. The Morgan fingerprint density at radius 3 is 2.50 bits per heavy atom. The zero-order chi connectivity index (χ0) is 10.7. The van der Waals surface area contributed by atoms with Gasteiger partial charge in [-0.3, -0.25) is 0 Å². The van der Waals surface area contributed by atoms with Gasteiger partial charge in [0.1, 0.15) is 0 Å². The fraction of sp³-hybridized carbons (Fsp3) is 0.500. The number of hydrogen-bond acceptors (Lipinski definition) is 2. The summed E-state index contributed by atoms with van der Waals surface area (Å²) in [6, 6.07) is 4.66. The van der Waals surface area contributed by atoms with Crippen molar-refractivity contribution in [3.63, 3.8) is 0 Å². The lowest BCUT2D eigenvalue weighted by atomic mass is 10.1. The zero-order valence-corrected chi connectivity index (χ0v) is 9.52. The van der Waals surface area contributed by atoms with E-state index >= 15 is 0 Å². The molecule has 2 heteroatoms. The molecule has 1 unspecified atom stereocenters. The van der Waals surface area contributed by atoms with Crippen molar-refractivity contribution < 1.29 is 0 Å². The van der Waals surface area contributed by atoms with Gasteiger partial charge in [-0.15, -0.1) is 0 Å². The molecule has 0 aliphatic carbocycles. The zero-order valence-electron chi connectivity index (χ0n) is 9.52. The maximum absolute atomic E-state index is 5.83. The van der Waals surface area contributed by atoms with Gasteiger partial charge in [0.15, 0.2) is 0 Å². The Balaban J connectivity index is 2.92. The second kappa shape index (κ2) is 4.36. The van der Waals surface area contributed by atoms with Crippen molar-refractivity contribution in [2.75, 3.05) is 11.1 Å². The third kappa shape index (κ3) is 2.41. The number of nitrogen functional groups attached to an aromatic ring is 1. The van der Waals surface area contributed by atoms with Gasteiger partial charge < -0.3 is 11.1 Å². The van der Waals surface area contributed by atoms with E-state index in [1.54, 1.807) is 0 Å². The van der Waals surface area contributed by atoms with E-state index in [1.807, 2.05) is 13.0 Å². The van der Waals surface area contributed by atoms with Crippen LogP contribution < -0.4 is 11.1 Å². The minimum absolute atomic E-state index is 0.511. The fourth-order valence-electron chi connectivity index (χ4n) is 1.36. The topological polar surface area (TPSA) is 38.0 Å². The lowest BCUT2D eigenvalue weighted by Gasteiger charge is -2.16. The first-order chi connectivity index (χ1) is 6.54. The van der Waals surface area contributed by atoms with E-state index in [-0.39, 0.29) is 0 Å². The van der Waals surface area contributed by atoms with E-state index in [2.05, 4.69) is 32.2 Å². The summed E-state index contributed by atoms with van der Waals surface area (Å²) in [6.07, 6.45) is 1.13. The molecule has 0 radical (unpaired) electrons. The molecule has 0 heterocycles. The van der Waals surface area contributed by atoms with Crippen molar-refractivity contribution in [3.05, 3.63) is 23.3 Å². The average molecular weight is 192 g/mol. The summed E-state index contributed by atoms with van der Waals surface area (Å²) in [5.41, 5.74) is 10.3. The SMILES string of the molecule is CCC(C)Nc1cc(C)c(N)cc1C. The highest BCUT2D eigenvalue weighted by atomic mass is 14.9. The third-order valence-corrected chi connectivity index (χ3v) is 2.63. The van der Waals surface area contributed by atoms with Crippen LogP contribution >= 0.6 is 0 Å². The first-order valence-electron chi connectivity index (χ1n) is 5.17. The van der Waals surface area contributed by atoms with Gasteiger partial charge in [-0.25, -0.2) is 0 Å². The van der Waals surface area contributed by atoms with Crippen LogP contribution in [-0.4, -0.2) is 6.04 Å². The summed E-state index contributed by atoms with van der Waals surface area (Å²) < 4.78 is 0. The van der Waals surface area contributed by atoms with E-state index in [1.165, 1.54) is 11.3 Å². The Kier molecular flexibility index (Phi) is 3.39. The minimum Gasteiger partial charge on any atom is -0.399 e. The lowest BCUT2D eigenvalue weighted by Crippen LogP contribution is -2.14. The van der Waals surface area contributed by atoms with Crippen LogP contribution in [0.25, 0.3) is 0 Å². The molecule has 14 heavy (non-hydrogen) atoms. The van der Waals surface area contributed by atoms with Gasteiger partial charge in [-0.2, -0.15) is 0 Å². The van der Waals surface area contributed by atoms with Crippen molar-refractivity contribution >= 4 is 11.4 Å². The monoisotopic (exact) mass is 192 g/mol. The molecule has 2 nitrogen and oxygen atoms in total. The summed E-state index contributed by atoms with van der Waals surface area (Å²) in [6.45, 7) is 8.49. The lowest BCUT2D eigenvalue weighted by molar-refractivity contribution is 0.763. The van der Waals surface area contributed by atoms with Crippen LogP contribution in [0.1, 0.15) is 31.4 Å². The predicted molar refractivity (Wildman–Crippen MR) is 63.7 cm³/mol. The second-order valence-electron chi connectivity index (χ2n) is 3.98. The van der Waals surface area contributed by atoms with E-state index in [0.29, 0.717) is 6.04 Å². The fourth-order valence-corrected chi connectivity index (χ4v) is 1.36. The van der Waals surface area contributed by atoms with Crippen LogP contribution in [0.5, 0.6) is 0 Å². The minimum atomic E-state index is 0.511. The Morgan fingerprint density at radius 1 is 1.29 bits per heavy atom.